The predicted molar refractivity (Wildman–Crippen MR) is 53.2 cm³/mol. The van der Waals surface area contributed by atoms with Gasteiger partial charge in [-0.3, -0.25) is 0 Å². The molecule has 0 aliphatic rings. The van der Waals surface area contributed by atoms with Crippen LogP contribution in [0.5, 0.6) is 0 Å². The van der Waals surface area contributed by atoms with Crippen molar-refractivity contribution in [3.63, 3.8) is 0 Å². The Balaban J connectivity index is 2.96. The van der Waals surface area contributed by atoms with E-state index in [0.29, 0.717) is 6.61 Å². The maximum absolute atomic E-state index is 8.52. The zero-order valence-electron chi connectivity index (χ0n) is 8.42. The highest BCUT2D eigenvalue weighted by Crippen LogP contribution is 1.97. The molecule has 0 bridgehead atoms. The van der Waals surface area contributed by atoms with Crippen LogP contribution < -0.4 is 5.32 Å². The van der Waals surface area contributed by atoms with E-state index in [0.717, 1.165) is 38.8 Å². The van der Waals surface area contributed by atoms with Gasteiger partial charge in [-0.05, 0) is 26.3 Å². The van der Waals surface area contributed by atoms with E-state index in [-0.39, 0.29) is 5.92 Å². The van der Waals surface area contributed by atoms with Crippen LogP contribution in [0.3, 0.4) is 0 Å². The monoisotopic (exact) mass is 184 g/mol. The molecule has 0 fully saturated rings. The predicted octanol–water partition coefficient (Wildman–Crippen LogP) is 1.29. The number of unbranched alkanes of at least 4 members (excludes halogenated alkanes) is 3. The van der Waals surface area contributed by atoms with Crippen molar-refractivity contribution in [2.45, 2.75) is 32.6 Å². The fourth-order valence-corrected chi connectivity index (χ4v) is 1.08. The second-order valence-corrected chi connectivity index (χ2v) is 3.37. The Morgan fingerprint density at radius 1 is 1.31 bits per heavy atom. The number of rotatable bonds is 8. The van der Waals surface area contributed by atoms with Crippen LogP contribution in [0.1, 0.15) is 32.6 Å². The van der Waals surface area contributed by atoms with Crippen molar-refractivity contribution in [3.05, 3.63) is 0 Å². The van der Waals surface area contributed by atoms with Crippen LogP contribution in [0.15, 0.2) is 0 Å². The quantitative estimate of drug-likeness (QED) is 0.559. The van der Waals surface area contributed by atoms with E-state index < -0.39 is 0 Å². The molecule has 0 aliphatic heterocycles. The summed E-state index contributed by atoms with van der Waals surface area (Å²) < 4.78 is 0. The lowest BCUT2D eigenvalue weighted by atomic mass is 10.2. The van der Waals surface area contributed by atoms with Crippen LogP contribution in [0.4, 0.5) is 0 Å². The van der Waals surface area contributed by atoms with Crippen molar-refractivity contribution in [1.29, 1.82) is 5.26 Å². The van der Waals surface area contributed by atoms with Crippen molar-refractivity contribution in [1.82, 2.24) is 5.32 Å². The molecular formula is C10H20N2O. The third-order valence-corrected chi connectivity index (χ3v) is 1.93. The van der Waals surface area contributed by atoms with Crippen LogP contribution >= 0.6 is 0 Å². The third kappa shape index (κ3) is 9.32. The van der Waals surface area contributed by atoms with E-state index in [9.17, 15) is 0 Å². The van der Waals surface area contributed by atoms with E-state index in [4.69, 9.17) is 10.4 Å². The molecule has 0 spiro atoms. The molecule has 0 heterocycles. The number of hydrogen-bond donors (Lipinski definition) is 2. The molecule has 76 valence electrons. The summed E-state index contributed by atoms with van der Waals surface area (Å²) in [7, 11) is 0. The summed E-state index contributed by atoms with van der Waals surface area (Å²) in [4.78, 5) is 0. The zero-order chi connectivity index (χ0) is 9.94. The van der Waals surface area contributed by atoms with E-state index in [1.807, 2.05) is 6.92 Å². The smallest absolute Gasteiger partial charge is 0.0666 e. The first-order valence-corrected chi connectivity index (χ1v) is 5.02. The molecule has 0 aromatic carbocycles. The maximum atomic E-state index is 8.52. The normalized spacial score (nSPS) is 12.4. The molecule has 0 aromatic heterocycles. The summed E-state index contributed by atoms with van der Waals surface area (Å²) in [5, 5.41) is 20.2. The second kappa shape index (κ2) is 9.50. The first kappa shape index (κ1) is 12.4. The summed E-state index contributed by atoms with van der Waals surface area (Å²) in [5.41, 5.74) is 0. The molecular weight excluding hydrogens is 164 g/mol. The largest absolute Gasteiger partial charge is 0.396 e. The summed E-state index contributed by atoms with van der Waals surface area (Å²) in [5.74, 6) is 0.109. The number of aliphatic hydroxyl groups excluding tert-OH is 1. The summed E-state index contributed by atoms with van der Waals surface area (Å²) in [6.07, 6.45) is 4.31. The third-order valence-electron chi connectivity index (χ3n) is 1.93. The fourth-order valence-electron chi connectivity index (χ4n) is 1.08. The van der Waals surface area contributed by atoms with E-state index in [2.05, 4.69) is 11.4 Å². The molecule has 1 unspecified atom stereocenters. The molecule has 0 aromatic rings. The standard InChI is InChI=1S/C10H20N2O/c1-10(8-11)9-12-6-4-2-3-5-7-13/h10,12-13H,2-7,9H2,1H3. The van der Waals surface area contributed by atoms with Crippen molar-refractivity contribution < 1.29 is 5.11 Å². The summed E-state index contributed by atoms with van der Waals surface area (Å²) in [6.45, 7) is 3.99. The van der Waals surface area contributed by atoms with Crippen LogP contribution in [0.2, 0.25) is 0 Å². The highest BCUT2D eigenvalue weighted by Gasteiger charge is 1.96. The van der Waals surface area contributed by atoms with Gasteiger partial charge in [0.1, 0.15) is 0 Å². The van der Waals surface area contributed by atoms with Gasteiger partial charge < -0.3 is 10.4 Å². The SMILES string of the molecule is CC(C#N)CNCCCCCCO. The molecule has 3 heteroatoms. The van der Waals surface area contributed by atoms with Gasteiger partial charge >= 0.3 is 0 Å². The van der Waals surface area contributed by atoms with E-state index in [1.54, 1.807) is 0 Å². The van der Waals surface area contributed by atoms with Gasteiger partial charge in [-0.15, -0.1) is 0 Å². The van der Waals surface area contributed by atoms with E-state index in [1.165, 1.54) is 0 Å². The number of nitriles is 1. The molecule has 0 saturated heterocycles. The van der Waals surface area contributed by atoms with Crippen molar-refractivity contribution in [3.8, 4) is 6.07 Å². The minimum Gasteiger partial charge on any atom is -0.396 e. The Hall–Kier alpha value is -0.590. The number of nitrogens with zero attached hydrogens (tertiary/aromatic N) is 1. The molecule has 0 amide bonds. The first-order valence-electron chi connectivity index (χ1n) is 5.02. The minimum absolute atomic E-state index is 0.109. The first-order chi connectivity index (χ1) is 6.31. The maximum Gasteiger partial charge on any atom is 0.0666 e. The van der Waals surface area contributed by atoms with Crippen LogP contribution in [-0.4, -0.2) is 24.8 Å². The lowest BCUT2D eigenvalue weighted by Gasteiger charge is -2.04. The zero-order valence-corrected chi connectivity index (χ0v) is 8.42. The van der Waals surface area contributed by atoms with Gasteiger partial charge in [-0.1, -0.05) is 12.8 Å². The molecule has 0 aliphatic carbocycles. The molecule has 0 rings (SSSR count). The van der Waals surface area contributed by atoms with Gasteiger partial charge in [0.15, 0.2) is 0 Å². The van der Waals surface area contributed by atoms with E-state index >= 15 is 0 Å². The molecule has 0 radical (unpaired) electrons. The number of aliphatic hydroxyl groups is 1. The van der Waals surface area contributed by atoms with Crippen molar-refractivity contribution >= 4 is 0 Å². The molecule has 2 N–H and O–H groups in total. The Labute approximate surface area is 80.8 Å². The lowest BCUT2D eigenvalue weighted by Crippen LogP contribution is -2.21. The summed E-state index contributed by atoms with van der Waals surface area (Å²) in [6, 6.07) is 2.18. The Morgan fingerprint density at radius 3 is 2.62 bits per heavy atom. The average molecular weight is 184 g/mol. The second-order valence-electron chi connectivity index (χ2n) is 3.37. The topological polar surface area (TPSA) is 56.0 Å². The number of hydrogen-bond acceptors (Lipinski definition) is 3. The Bertz CT molecular complexity index is 142. The van der Waals surface area contributed by atoms with Gasteiger partial charge in [0.25, 0.3) is 0 Å². The Morgan fingerprint density at radius 2 is 2.00 bits per heavy atom. The average Bonchev–Trinajstić information content (AvgIpc) is 2.16. The van der Waals surface area contributed by atoms with Gasteiger partial charge in [-0.25, -0.2) is 0 Å². The van der Waals surface area contributed by atoms with Crippen LogP contribution in [-0.2, 0) is 0 Å². The lowest BCUT2D eigenvalue weighted by molar-refractivity contribution is 0.282. The minimum atomic E-state index is 0.109. The van der Waals surface area contributed by atoms with Gasteiger partial charge in [0.05, 0.1) is 12.0 Å². The molecule has 0 saturated carbocycles. The highest BCUT2D eigenvalue weighted by atomic mass is 16.2. The van der Waals surface area contributed by atoms with Crippen LogP contribution in [0.25, 0.3) is 0 Å². The van der Waals surface area contributed by atoms with Gasteiger partial charge in [-0.2, -0.15) is 5.26 Å². The molecule has 1 atom stereocenters. The highest BCUT2D eigenvalue weighted by molar-refractivity contribution is 4.79. The number of nitrogens with one attached hydrogen (secondary N) is 1. The van der Waals surface area contributed by atoms with Crippen molar-refractivity contribution in [2.24, 2.45) is 5.92 Å². The molecule has 3 nitrogen and oxygen atoms in total. The van der Waals surface area contributed by atoms with Crippen molar-refractivity contribution in [2.75, 3.05) is 19.7 Å². The summed E-state index contributed by atoms with van der Waals surface area (Å²) >= 11 is 0. The Kier molecular flexibility index (Phi) is 9.07. The fraction of sp³-hybridized carbons (Fsp3) is 0.900. The molecule has 13 heavy (non-hydrogen) atoms. The van der Waals surface area contributed by atoms with Crippen LogP contribution in [0, 0.1) is 17.2 Å². The van der Waals surface area contributed by atoms with Gasteiger partial charge in [0, 0.05) is 13.2 Å². The van der Waals surface area contributed by atoms with Gasteiger partial charge in [0.2, 0.25) is 0 Å².